The first-order chi connectivity index (χ1) is 14.7. The van der Waals surface area contributed by atoms with Crippen molar-refractivity contribution >= 4 is 23.2 Å². The molecule has 0 aliphatic heterocycles. The van der Waals surface area contributed by atoms with E-state index in [-0.39, 0.29) is 5.78 Å². The average Bonchev–Trinajstić information content (AvgIpc) is 3.47. The van der Waals surface area contributed by atoms with Gasteiger partial charge in [-0.3, -0.25) is 4.79 Å². The summed E-state index contributed by atoms with van der Waals surface area (Å²) in [4.78, 5) is 13.9. The Morgan fingerprint density at radius 3 is 2.57 bits per heavy atom. The fourth-order valence-electron chi connectivity index (χ4n) is 3.08. The third-order valence-corrected chi connectivity index (χ3v) is 5.48. The summed E-state index contributed by atoms with van der Waals surface area (Å²) in [6.45, 7) is 0. The van der Waals surface area contributed by atoms with Gasteiger partial charge in [0.15, 0.2) is 5.78 Å². The van der Waals surface area contributed by atoms with Gasteiger partial charge in [0.25, 0.3) is 0 Å². The Hall–Kier alpha value is -3.64. The molecule has 150 valence electrons. The number of methoxy groups -OCH3 is 2. The fourth-order valence-corrected chi connectivity index (χ4v) is 3.82. The molecule has 4 aromatic rings. The smallest absolute Gasteiger partial charge is 0.189 e. The van der Waals surface area contributed by atoms with Crippen LogP contribution in [0.2, 0.25) is 0 Å². The van der Waals surface area contributed by atoms with Crippen molar-refractivity contribution in [1.82, 2.24) is 9.78 Å². The molecule has 2 aromatic heterocycles. The van der Waals surface area contributed by atoms with Gasteiger partial charge in [-0.25, -0.2) is 4.68 Å². The number of hydrogen-bond donors (Lipinski definition) is 0. The lowest BCUT2D eigenvalue weighted by Crippen LogP contribution is -1.99. The lowest BCUT2D eigenvalue weighted by atomic mass is 10.1. The summed E-state index contributed by atoms with van der Waals surface area (Å²) in [6.07, 6.45) is 5.28. The van der Waals surface area contributed by atoms with Crippen molar-refractivity contribution in [3.05, 3.63) is 89.4 Å². The summed E-state index contributed by atoms with van der Waals surface area (Å²) in [6, 6.07) is 19.1. The third kappa shape index (κ3) is 4.04. The molecule has 5 nitrogen and oxygen atoms in total. The van der Waals surface area contributed by atoms with Crippen LogP contribution in [0, 0.1) is 0 Å². The maximum absolute atomic E-state index is 12.8. The Labute approximate surface area is 178 Å². The number of hydrogen-bond acceptors (Lipinski definition) is 5. The Kier molecular flexibility index (Phi) is 5.77. The minimum Gasteiger partial charge on any atom is -0.497 e. The van der Waals surface area contributed by atoms with Crippen LogP contribution in [-0.2, 0) is 0 Å². The van der Waals surface area contributed by atoms with Gasteiger partial charge in [0.05, 0.1) is 30.3 Å². The van der Waals surface area contributed by atoms with Crippen LogP contribution in [-0.4, -0.2) is 29.8 Å². The van der Waals surface area contributed by atoms with E-state index in [2.05, 4.69) is 0 Å². The molecule has 30 heavy (non-hydrogen) atoms. The second-order valence-electron chi connectivity index (χ2n) is 6.45. The standard InChI is InChI=1S/C24H20N2O3S/c1-28-19-11-12-20(22(15-19)29-2)21(27)13-10-17-16-26(18-7-4-3-5-8-18)25-24(17)23-9-6-14-30-23/h3-16H,1-2H3/b13-10+. The van der Waals surface area contributed by atoms with E-state index in [9.17, 15) is 4.79 Å². The lowest BCUT2D eigenvalue weighted by molar-refractivity contribution is 0.104. The van der Waals surface area contributed by atoms with Crippen molar-refractivity contribution in [1.29, 1.82) is 0 Å². The lowest BCUT2D eigenvalue weighted by Gasteiger charge is -2.07. The highest BCUT2D eigenvalue weighted by atomic mass is 32.1. The molecule has 0 N–H and O–H groups in total. The molecule has 0 unspecified atom stereocenters. The molecule has 0 radical (unpaired) electrons. The van der Waals surface area contributed by atoms with Crippen LogP contribution < -0.4 is 9.47 Å². The van der Waals surface area contributed by atoms with Crippen molar-refractivity contribution in [2.24, 2.45) is 0 Å². The fraction of sp³-hybridized carbons (Fsp3) is 0.0833. The Bertz CT molecular complexity index is 1180. The van der Waals surface area contributed by atoms with Gasteiger partial charge in [0.2, 0.25) is 0 Å². The molecule has 0 saturated carbocycles. The number of nitrogens with zero attached hydrogens (tertiary/aromatic N) is 2. The van der Waals surface area contributed by atoms with E-state index < -0.39 is 0 Å². The van der Waals surface area contributed by atoms with Crippen molar-refractivity contribution in [2.45, 2.75) is 0 Å². The second-order valence-corrected chi connectivity index (χ2v) is 7.40. The molecule has 0 amide bonds. The summed E-state index contributed by atoms with van der Waals surface area (Å²) in [5, 5.41) is 6.76. The predicted molar refractivity (Wildman–Crippen MR) is 120 cm³/mol. The van der Waals surface area contributed by atoms with Crippen molar-refractivity contribution in [3.8, 4) is 27.8 Å². The zero-order chi connectivity index (χ0) is 20.9. The van der Waals surface area contributed by atoms with E-state index in [1.54, 1.807) is 48.8 Å². The number of para-hydroxylation sites is 1. The van der Waals surface area contributed by atoms with Crippen LogP contribution in [0.1, 0.15) is 15.9 Å². The number of ketones is 1. The summed E-state index contributed by atoms with van der Waals surface area (Å²) < 4.78 is 12.4. The van der Waals surface area contributed by atoms with Gasteiger partial charge >= 0.3 is 0 Å². The third-order valence-electron chi connectivity index (χ3n) is 4.61. The Morgan fingerprint density at radius 2 is 1.87 bits per heavy atom. The molecule has 6 heteroatoms. The number of aromatic nitrogens is 2. The van der Waals surface area contributed by atoms with Crippen LogP contribution in [0.4, 0.5) is 0 Å². The number of allylic oxidation sites excluding steroid dienone is 1. The van der Waals surface area contributed by atoms with Crippen LogP contribution >= 0.6 is 11.3 Å². The average molecular weight is 417 g/mol. The number of benzene rings is 2. The van der Waals surface area contributed by atoms with E-state index >= 15 is 0 Å². The van der Waals surface area contributed by atoms with E-state index in [0.717, 1.165) is 21.8 Å². The molecule has 0 atom stereocenters. The first kappa shape index (κ1) is 19.7. The molecule has 2 aromatic carbocycles. The van der Waals surface area contributed by atoms with Gasteiger partial charge in [0.1, 0.15) is 17.2 Å². The molecule has 0 spiro atoms. The molecule has 0 bridgehead atoms. The van der Waals surface area contributed by atoms with Crippen LogP contribution in [0.3, 0.4) is 0 Å². The summed E-state index contributed by atoms with van der Waals surface area (Å²) >= 11 is 1.61. The summed E-state index contributed by atoms with van der Waals surface area (Å²) in [5.74, 6) is 0.957. The monoisotopic (exact) mass is 416 g/mol. The number of rotatable bonds is 7. The topological polar surface area (TPSA) is 53.4 Å². The van der Waals surface area contributed by atoms with Crippen LogP contribution in [0.25, 0.3) is 22.3 Å². The normalized spacial score (nSPS) is 11.0. The second kappa shape index (κ2) is 8.80. The highest BCUT2D eigenvalue weighted by molar-refractivity contribution is 7.13. The molecule has 0 saturated heterocycles. The Morgan fingerprint density at radius 1 is 1.03 bits per heavy atom. The van der Waals surface area contributed by atoms with Crippen molar-refractivity contribution < 1.29 is 14.3 Å². The summed E-state index contributed by atoms with van der Waals surface area (Å²) in [7, 11) is 3.11. The number of carbonyl (C=O) groups excluding carboxylic acids is 1. The van der Waals surface area contributed by atoms with E-state index in [0.29, 0.717) is 17.1 Å². The molecule has 0 fully saturated rings. The van der Waals surface area contributed by atoms with Crippen molar-refractivity contribution in [2.75, 3.05) is 14.2 Å². The first-order valence-corrected chi connectivity index (χ1v) is 10.2. The maximum atomic E-state index is 12.8. The van der Waals surface area contributed by atoms with Gasteiger partial charge in [0, 0.05) is 17.8 Å². The van der Waals surface area contributed by atoms with Gasteiger partial charge in [-0.2, -0.15) is 5.10 Å². The highest BCUT2D eigenvalue weighted by Gasteiger charge is 2.14. The van der Waals surface area contributed by atoms with Gasteiger partial charge in [-0.05, 0) is 47.9 Å². The predicted octanol–water partition coefficient (Wildman–Crippen LogP) is 5.51. The summed E-state index contributed by atoms with van der Waals surface area (Å²) in [5.41, 5.74) is 3.13. The van der Waals surface area contributed by atoms with Gasteiger partial charge < -0.3 is 9.47 Å². The van der Waals surface area contributed by atoms with Crippen molar-refractivity contribution in [3.63, 3.8) is 0 Å². The van der Waals surface area contributed by atoms with E-state index in [4.69, 9.17) is 14.6 Å². The first-order valence-electron chi connectivity index (χ1n) is 9.33. The largest absolute Gasteiger partial charge is 0.497 e. The molecule has 2 heterocycles. The van der Waals surface area contributed by atoms with Gasteiger partial charge in [-0.1, -0.05) is 24.3 Å². The SMILES string of the molecule is COc1ccc(C(=O)/C=C/c2cn(-c3ccccc3)nc2-c2cccs2)c(OC)c1. The molecule has 4 rings (SSSR count). The van der Waals surface area contributed by atoms with E-state index in [1.807, 2.05) is 58.7 Å². The number of ether oxygens (including phenoxy) is 2. The maximum Gasteiger partial charge on any atom is 0.189 e. The quantitative estimate of drug-likeness (QED) is 0.294. The number of thiophene rings is 1. The molecule has 0 aliphatic rings. The van der Waals surface area contributed by atoms with Gasteiger partial charge in [-0.15, -0.1) is 11.3 Å². The molecular weight excluding hydrogens is 396 g/mol. The van der Waals surface area contributed by atoms with Crippen LogP contribution in [0.15, 0.2) is 78.3 Å². The minimum absolute atomic E-state index is 0.154. The molecule has 0 aliphatic carbocycles. The van der Waals surface area contributed by atoms with E-state index in [1.165, 1.54) is 7.11 Å². The minimum atomic E-state index is -0.154. The zero-order valence-corrected chi connectivity index (χ0v) is 17.4. The highest BCUT2D eigenvalue weighted by Crippen LogP contribution is 2.29. The number of carbonyl (C=O) groups is 1. The Balaban J connectivity index is 1.69. The zero-order valence-electron chi connectivity index (χ0n) is 16.6. The molecular formula is C24H20N2O3S. The van der Waals surface area contributed by atoms with Crippen LogP contribution in [0.5, 0.6) is 11.5 Å².